The van der Waals surface area contributed by atoms with Crippen LogP contribution in [0, 0.1) is 0 Å². The van der Waals surface area contributed by atoms with Gasteiger partial charge in [-0.2, -0.15) is 5.10 Å². The normalized spacial score (nSPS) is 16.6. The molecule has 0 atom stereocenters. The Morgan fingerprint density at radius 2 is 1.93 bits per heavy atom. The van der Waals surface area contributed by atoms with E-state index < -0.39 is 0 Å². The molecule has 1 fully saturated rings. The summed E-state index contributed by atoms with van der Waals surface area (Å²) >= 11 is 0. The van der Waals surface area contributed by atoms with E-state index in [4.69, 9.17) is 9.73 Å². The monoisotopic (exact) mass is 401 g/mol. The van der Waals surface area contributed by atoms with Crippen LogP contribution >= 0.6 is 0 Å². The zero-order chi connectivity index (χ0) is 20.5. The van der Waals surface area contributed by atoms with E-state index in [-0.39, 0.29) is 6.10 Å². The van der Waals surface area contributed by atoms with Crippen molar-refractivity contribution < 1.29 is 4.74 Å². The predicted octanol–water partition coefficient (Wildman–Crippen LogP) is 4.26. The van der Waals surface area contributed by atoms with Crippen LogP contribution in [0.4, 0.5) is 5.82 Å². The molecule has 3 aromatic rings. The third-order valence-electron chi connectivity index (χ3n) is 5.82. The van der Waals surface area contributed by atoms with E-state index in [2.05, 4.69) is 50.1 Å². The van der Waals surface area contributed by atoms with Gasteiger partial charge < -0.3 is 9.64 Å². The zero-order valence-electron chi connectivity index (χ0n) is 17.5. The van der Waals surface area contributed by atoms with Crippen molar-refractivity contribution in [1.29, 1.82) is 0 Å². The van der Waals surface area contributed by atoms with Gasteiger partial charge in [-0.3, -0.25) is 9.67 Å². The number of fused-ring (bicyclic) bond motifs is 1. The SMILES string of the molecule is CC(C)Oc1ccc2c(c1)C(c1ccnc(N3CCC(n4cccn4)CC3)c1)=NC2. The summed E-state index contributed by atoms with van der Waals surface area (Å²) in [5.74, 6) is 1.92. The number of anilines is 1. The Kier molecular flexibility index (Phi) is 4.99. The minimum Gasteiger partial charge on any atom is -0.491 e. The largest absolute Gasteiger partial charge is 0.491 e. The molecule has 0 aliphatic carbocycles. The number of ether oxygens (including phenoxy) is 1. The van der Waals surface area contributed by atoms with Crippen molar-refractivity contribution in [2.75, 3.05) is 18.0 Å². The minimum absolute atomic E-state index is 0.155. The Morgan fingerprint density at radius 3 is 2.70 bits per heavy atom. The highest BCUT2D eigenvalue weighted by Crippen LogP contribution is 2.30. The molecule has 0 spiro atoms. The molecule has 0 amide bonds. The molecule has 5 rings (SSSR count). The number of nitrogens with zero attached hydrogens (tertiary/aromatic N) is 5. The molecule has 1 aromatic carbocycles. The zero-order valence-corrected chi connectivity index (χ0v) is 17.5. The maximum absolute atomic E-state index is 5.90. The topological polar surface area (TPSA) is 55.5 Å². The number of piperidine rings is 1. The van der Waals surface area contributed by atoms with Crippen LogP contribution in [-0.2, 0) is 6.54 Å². The maximum Gasteiger partial charge on any atom is 0.129 e. The highest BCUT2D eigenvalue weighted by molar-refractivity contribution is 6.15. The van der Waals surface area contributed by atoms with Gasteiger partial charge in [0.1, 0.15) is 11.6 Å². The molecule has 0 saturated carbocycles. The summed E-state index contributed by atoms with van der Waals surface area (Å²) in [4.78, 5) is 11.9. The second-order valence-electron chi connectivity index (χ2n) is 8.26. The van der Waals surface area contributed by atoms with Crippen LogP contribution in [0.15, 0.2) is 60.0 Å². The van der Waals surface area contributed by atoms with Gasteiger partial charge in [0.05, 0.1) is 24.4 Å². The van der Waals surface area contributed by atoms with Gasteiger partial charge in [-0.1, -0.05) is 6.07 Å². The average Bonchev–Trinajstić information content (AvgIpc) is 3.44. The fourth-order valence-electron chi connectivity index (χ4n) is 4.35. The van der Waals surface area contributed by atoms with Gasteiger partial charge >= 0.3 is 0 Å². The molecule has 0 bridgehead atoms. The van der Waals surface area contributed by atoms with Crippen molar-refractivity contribution in [2.24, 2.45) is 4.99 Å². The van der Waals surface area contributed by atoms with Gasteiger partial charge in [0.25, 0.3) is 0 Å². The van der Waals surface area contributed by atoms with Gasteiger partial charge in [-0.15, -0.1) is 0 Å². The van der Waals surface area contributed by atoms with Gasteiger partial charge in [0, 0.05) is 42.8 Å². The van der Waals surface area contributed by atoms with Crippen LogP contribution in [0.5, 0.6) is 5.75 Å². The lowest BCUT2D eigenvalue weighted by Gasteiger charge is -2.33. The van der Waals surface area contributed by atoms with Crippen molar-refractivity contribution in [3.63, 3.8) is 0 Å². The van der Waals surface area contributed by atoms with Crippen molar-refractivity contribution in [2.45, 2.75) is 45.4 Å². The molecule has 6 nitrogen and oxygen atoms in total. The number of hydrogen-bond acceptors (Lipinski definition) is 5. The smallest absolute Gasteiger partial charge is 0.129 e. The third kappa shape index (κ3) is 3.70. The van der Waals surface area contributed by atoms with E-state index in [0.717, 1.165) is 55.3 Å². The fraction of sp³-hybridized carbons (Fsp3) is 0.375. The van der Waals surface area contributed by atoms with Crippen LogP contribution in [0.2, 0.25) is 0 Å². The Labute approximate surface area is 177 Å². The highest BCUT2D eigenvalue weighted by atomic mass is 16.5. The van der Waals surface area contributed by atoms with E-state index >= 15 is 0 Å². The first kappa shape index (κ1) is 18.9. The van der Waals surface area contributed by atoms with Gasteiger partial charge in [-0.25, -0.2) is 4.98 Å². The van der Waals surface area contributed by atoms with E-state index in [0.29, 0.717) is 6.04 Å². The van der Waals surface area contributed by atoms with Crippen molar-refractivity contribution in [3.05, 3.63) is 71.7 Å². The molecule has 2 aliphatic heterocycles. The molecular weight excluding hydrogens is 374 g/mol. The van der Waals surface area contributed by atoms with Crippen LogP contribution in [0.1, 0.15) is 49.4 Å². The Bertz CT molecular complexity index is 1050. The number of hydrogen-bond donors (Lipinski definition) is 0. The molecule has 4 heterocycles. The van der Waals surface area contributed by atoms with E-state index in [1.807, 2.05) is 38.4 Å². The molecule has 30 heavy (non-hydrogen) atoms. The third-order valence-corrected chi connectivity index (χ3v) is 5.82. The Morgan fingerprint density at radius 1 is 1.07 bits per heavy atom. The van der Waals surface area contributed by atoms with Gasteiger partial charge in [0.2, 0.25) is 0 Å². The first-order valence-electron chi connectivity index (χ1n) is 10.7. The number of benzene rings is 1. The van der Waals surface area contributed by atoms with E-state index in [1.165, 1.54) is 11.1 Å². The summed E-state index contributed by atoms with van der Waals surface area (Å²) in [6.07, 6.45) is 8.13. The van der Waals surface area contributed by atoms with E-state index in [9.17, 15) is 0 Å². The molecule has 0 N–H and O–H groups in total. The Balaban J connectivity index is 1.34. The lowest BCUT2D eigenvalue weighted by atomic mass is 10.00. The van der Waals surface area contributed by atoms with Crippen molar-refractivity contribution in [1.82, 2.24) is 14.8 Å². The van der Waals surface area contributed by atoms with E-state index in [1.54, 1.807) is 0 Å². The minimum atomic E-state index is 0.155. The summed E-state index contributed by atoms with van der Waals surface area (Å²) in [6.45, 7) is 6.78. The Hall–Kier alpha value is -3.15. The highest BCUT2D eigenvalue weighted by Gasteiger charge is 2.23. The van der Waals surface area contributed by atoms with Crippen molar-refractivity contribution in [3.8, 4) is 5.75 Å². The number of aromatic nitrogens is 3. The maximum atomic E-state index is 5.90. The molecule has 0 unspecified atom stereocenters. The summed E-state index contributed by atoms with van der Waals surface area (Å²) in [7, 11) is 0. The van der Waals surface area contributed by atoms with Gasteiger partial charge in [0.15, 0.2) is 0 Å². The summed E-state index contributed by atoms with van der Waals surface area (Å²) in [5.41, 5.74) is 4.58. The van der Waals surface area contributed by atoms with Crippen LogP contribution < -0.4 is 9.64 Å². The predicted molar refractivity (Wildman–Crippen MR) is 118 cm³/mol. The van der Waals surface area contributed by atoms with Crippen LogP contribution in [0.3, 0.4) is 0 Å². The van der Waals surface area contributed by atoms with Crippen LogP contribution in [-0.4, -0.2) is 39.7 Å². The second kappa shape index (κ2) is 7.94. The second-order valence-corrected chi connectivity index (χ2v) is 8.26. The van der Waals surface area contributed by atoms with Gasteiger partial charge in [-0.05, 0) is 62.6 Å². The number of pyridine rings is 1. The first-order valence-corrected chi connectivity index (χ1v) is 10.7. The summed E-state index contributed by atoms with van der Waals surface area (Å²) in [6, 6.07) is 13.0. The molecule has 2 aliphatic rings. The molecule has 1 saturated heterocycles. The first-order chi connectivity index (χ1) is 14.7. The standard InChI is InChI=1S/C24H27N5O/c1-17(2)30-21-5-4-19-16-26-24(22(19)15-21)18-6-10-25-23(14-18)28-12-7-20(8-13-28)29-11-3-9-27-29/h3-6,9-11,14-15,17,20H,7-8,12-13,16H2,1-2H3. The summed E-state index contributed by atoms with van der Waals surface area (Å²) < 4.78 is 7.99. The molecular formula is C24H27N5O. The molecule has 6 heteroatoms. The van der Waals surface area contributed by atoms with Crippen LogP contribution in [0.25, 0.3) is 0 Å². The average molecular weight is 402 g/mol. The lowest BCUT2D eigenvalue weighted by molar-refractivity contribution is 0.242. The molecule has 0 radical (unpaired) electrons. The lowest BCUT2D eigenvalue weighted by Crippen LogP contribution is -2.35. The quantitative estimate of drug-likeness (QED) is 0.641. The number of rotatable bonds is 5. The fourth-order valence-corrected chi connectivity index (χ4v) is 4.35. The number of aliphatic imine (C=N–C) groups is 1. The summed E-state index contributed by atoms with van der Waals surface area (Å²) in [5, 5.41) is 4.41. The molecule has 154 valence electrons. The van der Waals surface area contributed by atoms with Crippen molar-refractivity contribution >= 4 is 11.5 Å². The molecule has 2 aromatic heterocycles.